The van der Waals surface area contributed by atoms with Gasteiger partial charge in [-0.3, -0.25) is 0 Å². The zero-order valence-electron chi connectivity index (χ0n) is 11.9. The number of nitrogens with zero attached hydrogens (tertiary/aromatic N) is 3. The Labute approximate surface area is 126 Å². The summed E-state index contributed by atoms with van der Waals surface area (Å²) in [6.45, 7) is 3.53. The summed E-state index contributed by atoms with van der Waals surface area (Å²) in [5.41, 5.74) is 6.59. The number of rotatable bonds is 3. The number of piperidine rings is 3. The van der Waals surface area contributed by atoms with Crippen molar-refractivity contribution in [1.29, 1.82) is 0 Å². The zero-order chi connectivity index (χ0) is 16.1. The van der Waals surface area contributed by atoms with Gasteiger partial charge in [-0.1, -0.05) is 5.16 Å². The first kappa shape index (κ1) is 16.0. The van der Waals surface area contributed by atoms with Gasteiger partial charge in [0.1, 0.15) is 5.69 Å². The van der Waals surface area contributed by atoms with Gasteiger partial charge in [0, 0.05) is 24.6 Å². The Balaban J connectivity index is 0.000000192. The molecule has 120 valence electrons. The first-order chi connectivity index (χ1) is 10.5. The standard InChI is InChI=1S/C9H14N4O.C4H4O4/c10-9-8(11-14-12-9)7-5-13-3-1-6(7)2-4-13;5-3(6)1-2-4(7)8/h6-7H,1-5H2,(H2,10,12);1-2H,(H,5,6)(H,7,8)/b;2-1+. The molecular formula is C13H18N4O5. The van der Waals surface area contributed by atoms with Crippen LogP contribution in [0.4, 0.5) is 5.82 Å². The number of nitrogens with two attached hydrogens (primary N) is 1. The van der Waals surface area contributed by atoms with Gasteiger partial charge in [-0.25, -0.2) is 14.2 Å². The molecule has 4 rings (SSSR count). The summed E-state index contributed by atoms with van der Waals surface area (Å²) in [6, 6.07) is 0. The molecule has 1 aromatic heterocycles. The fourth-order valence-corrected chi connectivity index (χ4v) is 2.88. The minimum Gasteiger partial charge on any atom is -0.478 e. The summed E-state index contributed by atoms with van der Waals surface area (Å²) in [4.78, 5) is 21.6. The number of aromatic nitrogens is 2. The third kappa shape index (κ3) is 4.04. The van der Waals surface area contributed by atoms with Gasteiger partial charge >= 0.3 is 11.9 Å². The topological polar surface area (TPSA) is 143 Å². The first-order valence-electron chi connectivity index (χ1n) is 6.91. The molecule has 4 N–H and O–H groups in total. The van der Waals surface area contributed by atoms with Crippen LogP contribution in [-0.4, -0.2) is 57.0 Å². The van der Waals surface area contributed by atoms with Gasteiger partial charge in [-0.05, 0) is 37.0 Å². The number of hydrogen-bond acceptors (Lipinski definition) is 7. The third-order valence-electron chi connectivity index (χ3n) is 3.92. The van der Waals surface area contributed by atoms with Crippen LogP contribution in [-0.2, 0) is 9.59 Å². The largest absolute Gasteiger partial charge is 0.478 e. The Morgan fingerprint density at radius 1 is 1.18 bits per heavy atom. The summed E-state index contributed by atoms with van der Waals surface area (Å²) in [7, 11) is 0. The van der Waals surface area contributed by atoms with E-state index in [2.05, 4.69) is 19.8 Å². The number of nitrogen functional groups attached to an aromatic ring is 1. The van der Waals surface area contributed by atoms with E-state index in [0.717, 1.165) is 18.2 Å². The van der Waals surface area contributed by atoms with Gasteiger partial charge in [0.2, 0.25) is 0 Å². The van der Waals surface area contributed by atoms with Crippen LogP contribution in [0, 0.1) is 5.92 Å². The molecule has 0 amide bonds. The number of hydrogen-bond donors (Lipinski definition) is 3. The molecule has 9 heteroatoms. The second-order valence-corrected chi connectivity index (χ2v) is 5.29. The van der Waals surface area contributed by atoms with Crippen LogP contribution in [0.2, 0.25) is 0 Å². The molecule has 3 aliphatic heterocycles. The smallest absolute Gasteiger partial charge is 0.328 e. The van der Waals surface area contributed by atoms with Crippen molar-refractivity contribution in [1.82, 2.24) is 15.2 Å². The molecule has 22 heavy (non-hydrogen) atoms. The minimum absolute atomic E-state index is 0.448. The van der Waals surface area contributed by atoms with E-state index in [4.69, 9.17) is 15.9 Å². The molecule has 1 atom stereocenters. The normalized spacial score (nSPS) is 26.5. The van der Waals surface area contributed by atoms with E-state index < -0.39 is 11.9 Å². The minimum atomic E-state index is -1.26. The third-order valence-corrected chi connectivity index (χ3v) is 3.92. The number of anilines is 1. The van der Waals surface area contributed by atoms with Gasteiger partial charge in [-0.2, -0.15) is 0 Å². The van der Waals surface area contributed by atoms with E-state index in [1.807, 2.05) is 0 Å². The molecule has 0 radical (unpaired) electrons. The van der Waals surface area contributed by atoms with Gasteiger partial charge in [0.15, 0.2) is 5.82 Å². The number of carboxylic acids is 2. The molecule has 0 aromatic carbocycles. The maximum absolute atomic E-state index is 9.55. The average Bonchev–Trinajstić information content (AvgIpc) is 2.93. The van der Waals surface area contributed by atoms with Crippen molar-refractivity contribution in [2.24, 2.45) is 5.92 Å². The van der Waals surface area contributed by atoms with Gasteiger partial charge in [0.05, 0.1) is 0 Å². The van der Waals surface area contributed by atoms with Crippen molar-refractivity contribution in [2.45, 2.75) is 18.8 Å². The van der Waals surface area contributed by atoms with Crippen molar-refractivity contribution in [3.8, 4) is 0 Å². The molecular weight excluding hydrogens is 292 g/mol. The molecule has 2 bridgehead atoms. The van der Waals surface area contributed by atoms with Crippen molar-refractivity contribution < 1.29 is 24.4 Å². The Morgan fingerprint density at radius 3 is 2.14 bits per heavy atom. The van der Waals surface area contributed by atoms with Crippen LogP contribution in [0.15, 0.2) is 16.8 Å². The van der Waals surface area contributed by atoms with E-state index in [9.17, 15) is 9.59 Å². The average molecular weight is 310 g/mol. The molecule has 3 saturated heterocycles. The van der Waals surface area contributed by atoms with E-state index in [0.29, 0.717) is 23.9 Å². The number of fused-ring (bicyclic) bond motifs is 3. The quantitative estimate of drug-likeness (QED) is 0.665. The van der Waals surface area contributed by atoms with Gasteiger partial charge < -0.3 is 20.8 Å². The highest BCUT2D eigenvalue weighted by Gasteiger charge is 2.37. The van der Waals surface area contributed by atoms with E-state index in [-0.39, 0.29) is 0 Å². The van der Waals surface area contributed by atoms with Gasteiger partial charge in [-0.15, -0.1) is 0 Å². The van der Waals surface area contributed by atoms with E-state index >= 15 is 0 Å². The first-order valence-corrected chi connectivity index (χ1v) is 6.91. The highest BCUT2D eigenvalue weighted by molar-refractivity contribution is 5.89. The molecule has 0 aliphatic carbocycles. The number of aliphatic carboxylic acids is 2. The van der Waals surface area contributed by atoms with Crippen molar-refractivity contribution in [3.05, 3.63) is 17.8 Å². The molecule has 3 aliphatic rings. The fourth-order valence-electron chi connectivity index (χ4n) is 2.88. The predicted molar refractivity (Wildman–Crippen MR) is 75.0 cm³/mol. The summed E-state index contributed by atoms with van der Waals surface area (Å²) in [5.74, 6) is -0.860. The lowest BCUT2D eigenvalue weighted by molar-refractivity contribution is -0.134. The van der Waals surface area contributed by atoms with E-state index in [1.165, 1.54) is 25.9 Å². The zero-order valence-corrected chi connectivity index (χ0v) is 11.9. The Kier molecular flexibility index (Phi) is 5.10. The number of carboxylic acid groups (broad SMARTS) is 2. The summed E-state index contributed by atoms with van der Waals surface area (Å²) >= 11 is 0. The Bertz CT molecular complexity index is 547. The molecule has 4 heterocycles. The highest BCUT2D eigenvalue weighted by Crippen LogP contribution is 2.39. The van der Waals surface area contributed by atoms with Crippen molar-refractivity contribution in [3.63, 3.8) is 0 Å². The maximum atomic E-state index is 9.55. The van der Waals surface area contributed by atoms with Crippen LogP contribution >= 0.6 is 0 Å². The molecule has 3 fully saturated rings. The fraction of sp³-hybridized carbons (Fsp3) is 0.538. The van der Waals surface area contributed by atoms with Crippen LogP contribution in [0.5, 0.6) is 0 Å². The molecule has 1 aromatic rings. The van der Waals surface area contributed by atoms with Crippen LogP contribution in [0.3, 0.4) is 0 Å². The van der Waals surface area contributed by atoms with Crippen LogP contribution < -0.4 is 5.73 Å². The monoisotopic (exact) mass is 310 g/mol. The number of carbonyl (C=O) groups is 2. The summed E-state index contributed by atoms with van der Waals surface area (Å²) < 4.78 is 4.66. The second-order valence-electron chi connectivity index (χ2n) is 5.29. The lowest BCUT2D eigenvalue weighted by Gasteiger charge is -2.43. The molecule has 1 unspecified atom stereocenters. The SMILES string of the molecule is Nc1nonc1C1CN2CCC1CC2.O=C(O)/C=C/C(=O)O. The molecule has 9 nitrogen and oxygen atoms in total. The summed E-state index contributed by atoms with van der Waals surface area (Å²) in [5, 5.41) is 23.2. The van der Waals surface area contributed by atoms with Crippen LogP contribution in [0.25, 0.3) is 0 Å². The predicted octanol–water partition coefficient (Wildman–Crippen LogP) is 0.173. The maximum Gasteiger partial charge on any atom is 0.328 e. The highest BCUT2D eigenvalue weighted by atomic mass is 16.6. The summed E-state index contributed by atoms with van der Waals surface area (Å²) in [6.07, 6.45) is 3.64. The Morgan fingerprint density at radius 2 is 1.77 bits per heavy atom. The lowest BCUT2D eigenvalue weighted by atomic mass is 9.77. The van der Waals surface area contributed by atoms with Crippen molar-refractivity contribution in [2.75, 3.05) is 25.4 Å². The molecule has 0 saturated carbocycles. The van der Waals surface area contributed by atoms with E-state index in [1.54, 1.807) is 0 Å². The van der Waals surface area contributed by atoms with Gasteiger partial charge in [0.25, 0.3) is 0 Å². The van der Waals surface area contributed by atoms with Crippen LogP contribution in [0.1, 0.15) is 24.5 Å². The lowest BCUT2D eigenvalue weighted by Crippen LogP contribution is -2.46. The Hall–Kier alpha value is -2.42. The molecule has 0 spiro atoms. The van der Waals surface area contributed by atoms with Crippen molar-refractivity contribution >= 4 is 17.8 Å². The second kappa shape index (κ2) is 7.03.